The molecule has 0 aliphatic carbocycles. The van der Waals surface area contributed by atoms with Crippen LogP contribution in [0.1, 0.15) is 0 Å². The van der Waals surface area contributed by atoms with Crippen LogP contribution in [-0.2, 0) is 23.7 Å². The summed E-state index contributed by atoms with van der Waals surface area (Å²) in [7, 11) is -2.10. The van der Waals surface area contributed by atoms with Gasteiger partial charge in [-0.2, -0.15) is 4.31 Å². The van der Waals surface area contributed by atoms with Gasteiger partial charge >= 0.3 is 0 Å². The fraction of sp³-hybridized carbons (Fsp3) is 0.333. The maximum absolute atomic E-state index is 13.5. The summed E-state index contributed by atoms with van der Waals surface area (Å²) in [5.41, 5.74) is 0. The third kappa shape index (κ3) is 3.83. The summed E-state index contributed by atoms with van der Waals surface area (Å²) >= 11 is 5.45. The van der Waals surface area contributed by atoms with Crippen LogP contribution in [0.3, 0.4) is 0 Å². The molecule has 0 spiro atoms. The molecule has 3 heterocycles. The van der Waals surface area contributed by atoms with Crippen molar-refractivity contribution in [2.24, 2.45) is 7.05 Å². The minimum atomic E-state index is -3.90. The average molecular weight is 456 g/mol. The first-order chi connectivity index (χ1) is 14.3. The van der Waals surface area contributed by atoms with Crippen LogP contribution >= 0.6 is 12.2 Å². The number of benzene rings is 1. The van der Waals surface area contributed by atoms with Gasteiger partial charge in [0.1, 0.15) is 0 Å². The maximum Gasteiger partial charge on any atom is 0.243 e. The Bertz CT molecular complexity index is 1210. The van der Waals surface area contributed by atoms with Crippen molar-refractivity contribution >= 4 is 22.2 Å². The Morgan fingerprint density at radius 3 is 2.50 bits per heavy atom. The molecule has 1 fully saturated rings. The summed E-state index contributed by atoms with van der Waals surface area (Å²) < 4.78 is 62.6. The lowest BCUT2D eigenvalue weighted by molar-refractivity contribution is 0.144. The number of hydrogen-bond acceptors (Lipinski definition) is 6. The number of furan rings is 1. The van der Waals surface area contributed by atoms with E-state index in [1.807, 2.05) is 4.90 Å². The number of sulfonamides is 1. The first kappa shape index (κ1) is 20.8. The van der Waals surface area contributed by atoms with Crippen LogP contribution in [0.4, 0.5) is 8.78 Å². The highest BCUT2D eigenvalue weighted by molar-refractivity contribution is 7.89. The van der Waals surface area contributed by atoms with Crippen molar-refractivity contribution in [2.75, 3.05) is 26.2 Å². The molecule has 0 N–H and O–H groups in total. The van der Waals surface area contributed by atoms with Crippen LogP contribution in [0.2, 0.25) is 0 Å². The molecule has 0 radical (unpaired) electrons. The molecule has 0 bridgehead atoms. The second-order valence-corrected chi connectivity index (χ2v) is 9.18. The molecular formula is C18H19F2N5O3S2. The van der Waals surface area contributed by atoms with Gasteiger partial charge in [-0.25, -0.2) is 21.9 Å². The summed E-state index contributed by atoms with van der Waals surface area (Å²) in [5.74, 6) is -1.07. The van der Waals surface area contributed by atoms with E-state index in [0.717, 1.165) is 12.1 Å². The van der Waals surface area contributed by atoms with E-state index in [-0.39, 0.29) is 18.0 Å². The van der Waals surface area contributed by atoms with Gasteiger partial charge in [0.25, 0.3) is 0 Å². The molecule has 4 rings (SSSR count). The van der Waals surface area contributed by atoms with E-state index in [2.05, 4.69) is 5.10 Å². The third-order valence-electron chi connectivity index (χ3n) is 4.98. The number of rotatable bonds is 5. The number of hydrogen-bond donors (Lipinski definition) is 0. The van der Waals surface area contributed by atoms with E-state index in [1.165, 1.54) is 4.31 Å². The standard InChI is InChI=1S/C18H19F2N5O3S2/c1-22-17(16-3-2-10-28-16)21-25(18(22)29)12-23-6-8-24(9-7-23)30(26,27)13-4-5-14(19)15(20)11-13/h2-5,10-11H,6-9,12H2,1H3. The molecule has 2 aromatic heterocycles. The lowest BCUT2D eigenvalue weighted by Crippen LogP contribution is -2.49. The molecule has 8 nitrogen and oxygen atoms in total. The zero-order valence-electron chi connectivity index (χ0n) is 16.0. The van der Waals surface area contributed by atoms with Crippen LogP contribution in [0.15, 0.2) is 45.9 Å². The zero-order chi connectivity index (χ0) is 21.5. The first-order valence-electron chi connectivity index (χ1n) is 9.12. The largest absolute Gasteiger partial charge is 0.461 e. The summed E-state index contributed by atoms with van der Waals surface area (Å²) in [4.78, 5) is 1.76. The number of aromatic nitrogens is 3. The molecule has 12 heteroatoms. The molecule has 0 saturated carbocycles. The van der Waals surface area contributed by atoms with Crippen LogP contribution in [-0.4, -0.2) is 58.1 Å². The smallest absolute Gasteiger partial charge is 0.243 e. The van der Waals surface area contributed by atoms with Crippen molar-refractivity contribution in [3.05, 3.63) is 53.0 Å². The highest BCUT2D eigenvalue weighted by Crippen LogP contribution is 2.21. The van der Waals surface area contributed by atoms with Gasteiger partial charge in [-0.15, -0.1) is 5.10 Å². The van der Waals surface area contributed by atoms with E-state index in [4.69, 9.17) is 16.6 Å². The minimum absolute atomic E-state index is 0.215. The molecule has 30 heavy (non-hydrogen) atoms. The van der Waals surface area contributed by atoms with Crippen LogP contribution in [0.5, 0.6) is 0 Å². The van der Waals surface area contributed by atoms with Gasteiger partial charge in [0, 0.05) is 33.2 Å². The van der Waals surface area contributed by atoms with Crippen LogP contribution in [0, 0.1) is 16.4 Å². The molecule has 1 aliphatic rings. The molecule has 160 valence electrons. The van der Waals surface area contributed by atoms with E-state index in [0.29, 0.717) is 42.2 Å². The van der Waals surface area contributed by atoms with Gasteiger partial charge in [-0.05, 0) is 42.5 Å². The molecule has 0 atom stereocenters. The minimum Gasteiger partial charge on any atom is -0.461 e. The van der Waals surface area contributed by atoms with Crippen molar-refractivity contribution in [1.82, 2.24) is 23.6 Å². The van der Waals surface area contributed by atoms with Crippen molar-refractivity contribution in [1.29, 1.82) is 0 Å². The van der Waals surface area contributed by atoms with E-state index in [1.54, 1.807) is 34.7 Å². The maximum atomic E-state index is 13.5. The summed E-state index contributed by atoms with van der Waals surface area (Å²) in [6.45, 7) is 1.71. The van der Waals surface area contributed by atoms with Gasteiger partial charge in [0.05, 0.1) is 17.8 Å². The van der Waals surface area contributed by atoms with Crippen molar-refractivity contribution in [3.8, 4) is 11.6 Å². The Balaban J connectivity index is 1.45. The number of piperazine rings is 1. The molecule has 0 amide bonds. The molecular weight excluding hydrogens is 436 g/mol. The summed E-state index contributed by atoms with van der Waals surface area (Å²) in [6.07, 6.45) is 1.56. The Kier molecular flexibility index (Phi) is 5.57. The highest BCUT2D eigenvalue weighted by atomic mass is 32.2. The fourth-order valence-corrected chi connectivity index (χ4v) is 4.91. The molecule has 1 aliphatic heterocycles. The third-order valence-corrected chi connectivity index (χ3v) is 7.36. The van der Waals surface area contributed by atoms with E-state index < -0.39 is 21.7 Å². The predicted molar refractivity (Wildman–Crippen MR) is 106 cm³/mol. The normalized spacial score (nSPS) is 16.2. The second-order valence-electron chi connectivity index (χ2n) is 6.88. The van der Waals surface area contributed by atoms with Gasteiger partial charge < -0.3 is 8.98 Å². The van der Waals surface area contributed by atoms with Gasteiger partial charge in [-0.3, -0.25) is 4.90 Å². The zero-order valence-corrected chi connectivity index (χ0v) is 17.7. The molecule has 3 aromatic rings. The first-order valence-corrected chi connectivity index (χ1v) is 11.0. The summed E-state index contributed by atoms with van der Waals surface area (Å²) in [5, 5.41) is 4.51. The van der Waals surface area contributed by atoms with E-state index in [9.17, 15) is 17.2 Å². The van der Waals surface area contributed by atoms with Crippen molar-refractivity contribution in [2.45, 2.75) is 11.6 Å². The quantitative estimate of drug-likeness (QED) is 0.550. The van der Waals surface area contributed by atoms with Crippen LogP contribution in [0.25, 0.3) is 11.6 Å². The lowest BCUT2D eigenvalue weighted by atomic mass is 10.3. The van der Waals surface area contributed by atoms with Crippen LogP contribution < -0.4 is 0 Å². The van der Waals surface area contributed by atoms with Gasteiger partial charge in [0.15, 0.2) is 28.0 Å². The van der Waals surface area contributed by atoms with Gasteiger partial charge in [-0.1, -0.05) is 0 Å². The molecule has 1 saturated heterocycles. The number of nitrogens with zero attached hydrogens (tertiary/aromatic N) is 5. The topological polar surface area (TPSA) is 76.5 Å². The van der Waals surface area contributed by atoms with E-state index >= 15 is 0 Å². The van der Waals surface area contributed by atoms with Crippen molar-refractivity contribution in [3.63, 3.8) is 0 Å². The number of halogens is 2. The highest BCUT2D eigenvalue weighted by Gasteiger charge is 2.29. The average Bonchev–Trinajstić information content (AvgIpc) is 3.35. The Morgan fingerprint density at radius 2 is 1.87 bits per heavy atom. The Labute approximate surface area is 177 Å². The predicted octanol–water partition coefficient (Wildman–Crippen LogP) is 2.45. The SMILES string of the molecule is Cn1c(-c2ccco2)nn(CN2CCN(S(=O)(=O)c3ccc(F)c(F)c3)CC2)c1=S. The second kappa shape index (κ2) is 8.02. The Hall–Kier alpha value is -2.41. The van der Waals surface area contributed by atoms with Crippen molar-refractivity contribution < 1.29 is 21.6 Å². The van der Waals surface area contributed by atoms with Gasteiger partial charge in [0.2, 0.25) is 10.0 Å². The summed E-state index contributed by atoms with van der Waals surface area (Å²) in [6, 6.07) is 6.16. The fourth-order valence-electron chi connectivity index (χ4n) is 3.29. The molecule has 1 aromatic carbocycles. The lowest BCUT2D eigenvalue weighted by Gasteiger charge is -2.33. The molecule has 0 unspecified atom stereocenters. The monoisotopic (exact) mass is 455 g/mol. The Morgan fingerprint density at radius 1 is 1.13 bits per heavy atom.